The van der Waals surface area contributed by atoms with Crippen LogP contribution in [-0.4, -0.2) is 5.97 Å². The quantitative estimate of drug-likeness (QED) is 0.480. The number of halogens is 1. The fourth-order valence-corrected chi connectivity index (χ4v) is 1.64. The molecule has 0 saturated heterocycles. The lowest BCUT2D eigenvalue weighted by molar-refractivity contribution is -0.128. The monoisotopic (exact) mass is 276 g/mol. The van der Waals surface area contributed by atoms with Gasteiger partial charge in [0.05, 0.1) is 0 Å². The lowest BCUT2D eigenvalue weighted by Gasteiger charge is -2.03. The van der Waals surface area contributed by atoms with E-state index in [1.54, 1.807) is 30.3 Å². The predicted molar refractivity (Wildman–Crippen MR) is 74.3 cm³/mol. The maximum Gasteiger partial charge on any atom is 0.336 e. The zero-order valence-electron chi connectivity index (χ0n) is 10.6. The van der Waals surface area contributed by atoms with Crippen LogP contribution in [0.2, 0.25) is 5.02 Å². The minimum Gasteiger partial charge on any atom is -0.462 e. The van der Waals surface area contributed by atoms with E-state index in [4.69, 9.17) is 20.8 Å². The molecule has 3 nitrogen and oxygen atoms in total. The molecule has 1 aromatic heterocycles. The second-order valence-electron chi connectivity index (χ2n) is 4.11. The molecule has 0 atom stereocenters. The summed E-state index contributed by atoms with van der Waals surface area (Å²) in [5.74, 6) is 1.41. The van der Waals surface area contributed by atoms with Crippen LogP contribution in [0.4, 0.5) is 0 Å². The van der Waals surface area contributed by atoms with Crippen LogP contribution in [0.1, 0.15) is 17.1 Å². The Morgan fingerprint density at radius 2 is 2.05 bits per heavy atom. The van der Waals surface area contributed by atoms with Crippen LogP contribution in [0, 0.1) is 13.8 Å². The Morgan fingerprint density at radius 1 is 1.26 bits per heavy atom. The van der Waals surface area contributed by atoms with Gasteiger partial charge in [0, 0.05) is 11.1 Å². The van der Waals surface area contributed by atoms with Gasteiger partial charge >= 0.3 is 5.97 Å². The molecule has 0 aliphatic carbocycles. The fraction of sp³-hybridized carbons (Fsp3) is 0.133. The van der Waals surface area contributed by atoms with E-state index >= 15 is 0 Å². The van der Waals surface area contributed by atoms with Gasteiger partial charge in [-0.05, 0) is 55.8 Å². The van der Waals surface area contributed by atoms with Crippen molar-refractivity contribution >= 4 is 23.6 Å². The molecule has 0 aliphatic heterocycles. The number of aryl methyl sites for hydroxylation is 2. The summed E-state index contributed by atoms with van der Waals surface area (Å²) in [6, 6.07) is 8.67. The van der Waals surface area contributed by atoms with E-state index in [0.717, 1.165) is 11.3 Å². The van der Waals surface area contributed by atoms with Gasteiger partial charge in [0.25, 0.3) is 0 Å². The van der Waals surface area contributed by atoms with Crippen LogP contribution >= 0.6 is 11.6 Å². The molecule has 4 heteroatoms. The summed E-state index contributed by atoms with van der Waals surface area (Å²) >= 11 is 5.89. The van der Waals surface area contributed by atoms with Crippen LogP contribution < -0.4 is 4.74 Å². The lowest BCUT2D eigenvalue weighted by atomic mass is 10.2. The Kier molecular flexibility index (Phi) is 4.07. The first-order valence-corrected chi connectivity index (χ1v) is 6.15. The van der Waals surface area contributed by atoms with E-state index in [1.165, 1.54) is 6.08 Å². The highest BCUT2D eigenvalue weighted by atomic mass is 35.5. The number of carbonyl (C=O) groups excluding carboxylic acids is 1. The fourth-order valence-electron chi connectivity index (χ4n) is 1.52. The van der Waals surface area contributed by atoms with E-state index in [-0.39, 0.29) is 0 Å². The Labute approximate surface area is 116 Å². The van der Waals surface area contributed by atoms with Crippen molar-refractivity contribution in [2.24, 2.45) is 0 Å². The van der Waals surface area contributed by atoms with Gasteiger partial charge in [-0.2, -0.15) is 0 Å². The third-order valence-corrected chi connectivity index (χ3v) is 2.92. The summed E-state index contributed by atoms with van der Waals surface area (Å²) in [6.45, 7) is 3.69. The normalized spacial score (nSPS) is 10.9. The van der Waals surface area contributed by atoms with Crippen molar-refractivity contribution < 1.29 is 13.9 Å². The number of carbonyl (C=O) groups is 1. The third-order valence-electron chi connectivity index (χ3n) is 2.49. The third kappa shape index (κ3) is 3.73. The highest BCUT2D eigenvalue weighted by Crippen LogP contribution is 2.21. The predicted octanol–water partition coefficient (Wildman–Crippen LogP) is 4.17. The molecule has 1 heterocycles. The molecular weight excluding hydrogens is 264 g/mol. The molecule has 98 valence electrons. The average molecular weight is 277 g/mol. The molecular formula is C15H13ClO3. The second kappa shape index (κ2) is 5.76. The summed E-state index contributed by atoms with van der Waals surface area (Å²) in [4.78, 5) is 11.6. The largest absolute Gasteiger partial charge is 0.462 e. The number of esters is 1. The minimum absolute atomic E-state index is 0.462. The van der Waals surface area contributed by atoms with Crippen molar-refractivity contribution in [3.8, 4) is 5.75 Å². The maximum atomic E-state index is 11.6. The SMILES string of the molecule is Cc1ccc(/C=C/C(=O)Oc2ccc(Cl)c(C)c2)o1. The van der Waals surface area contributed by atoms with Crippen molar-refractivity contribution in [1.29, 1.82) is 0 Å². The van der Waals surface area contributed by atoms with Crippen LogP contribution in [0.15, 0.2) is 40.8 Å². The molecule has 2 aromatic rings. The van der Waals surface area contributed by atoms with Crippen LogP contribution in [0.5, 0.6) is 5.75 Å². The number of ether oxygens (including phenoxy) is 1. The molecule has 0 aliphatic rings. The van der Waals surface area contributed by atoms with Crippen LogP contribution in [0.3, 0.4) is 0 Å². The molecule has 2 rings (SSSR count). The van der Waals surface area contributed by atoms with Gasteiger partial charge < -0.3 is 9.15 Å². The lowest BCUT2D eigenvalue weighted by Crippen LogP contribution is -2.03. The zero-order chi connectivity index (χ0) is 13.8. The number of furan rings is 1. The summed E-state index contributed by atoms with van der Waals surface area (Å²) in [5.41, 5.74) is 0.859. The number of rotatable bonds is 3. The molecule has 0 amide bonds. The highest BCUT2D eigenvalue weighted by molar-refractivity contribution is 6.31. The van der Waals surface area contributed by atoms with E-state index in [0.29, 0.717) is 16.5 Å². The van der Waals surface area contributed by atoms with Gasteiger partial charge in [0.1, 0.15) is 17.3 Å². The van der Waals surface area contributed by atoms with E-state index in [9.17, 15) is 4.79 Å². The summed E-state index contributed by atoms with van der Waals surface area (Å²) in [6.07, 6.45) is 2.89. The molecule has 0 unspecified atom stereocenters. The first-order valence-electron chi connectivity index (χ1n) is 5.77. The van der Waals surface area contributed by atoms with Crippen molar-refractivity contribution in [1.82, 2.24) is 0 Å². The topological polar surface area (TPSA) is 39.4 Å². The first-order chi connectivity index (χ1) is 9.04. The Bertz CT molecular complexity index is 626. The van der Waals surface area contributed by atoms with Crippen LogP contribution in [-0.2, 0) is 4.79 Å². The van der Waals surface area contributed by atoms with Crippen LogP contribution in [0.25, 0.3) is 6.08 Å². The average Bonchev–Trinajstić information content (AvgIpc) is 2.77. The van der Waals surface area contributed by atoms with Gasteiger partial charge in [-0.3, -0.25) is 0 Å². The molecule has 0 bridgehead atoms. The molecule has 0 saturated carbocycles. The van der Waals surface area contributed by atoms with Gasteiger partial charge in [0.15, 0.2) is 0 Å². The molecule has 0 spiro atoms. The van der Waals surface area contributed by atoms with Gasteiger partial charge in [-0.1, -0.05) is 11.6 Å². The smallest absolute Gasteiger partial charge is 0.336 e. The molecule has 0 radical (unpaired) electrons. The molecule has 1 aromatic carbocycles. The number of benzene rings is 1. The summed E-state index contributed by atoms with van der Waals surface area (Å²) in [7, 11) is 0. The second-order valence-corrected chi connectivity index (χ2v) is 4.52. The first kappa shape index (κ1) is 13.4. The Balaban J connectivity index is 2.01. The highest BCUT2D eigenvalue weighted by Gasteiger charge is 2.03. The van der Waals surface area contributed by atoms with Crippen molar-refractivity contribution in [2.45, 2.75) is 13.8 Å². The van der Waals surface area contributed by atoms with E-state index in [2.05, 4.69) is 0 Å². The summed E-state index contributed by atoms with van der Waals surface area (Å²) in [5, 5.41) is 0.640. The van der Waals surface area contributed by atoms with E-state index < -0.39 is 5.97 Å². The van der Waals surface area contributed by atoms with Crippen molar-refractivity contribution in [3.63, 3.8) is 0 Å². The van der Waals surface area contributed by atoms with Gasteiger partial charge in [0.2, 0.25) is 0 Å². The zero-order valence-corrected chi connectivity index (χ0v) is 11.4. The Morgan fingerprint density at radius 3 is 2.68 bits per heavy atom. The minimum atomic E-state index is -0.462. The number of hydrogen-bond acceptors (Lipinski definition) is 3. The van der Waals surface area contributed by atoms with Gasteiger partial charge in [-0.25, -0.2) is 4.79 Å². The summed E-state index contributed by atoms with van der Waals surface area (Å²) < 4.78 is 10.5. The standard InChI is InChI=1S/C15H13ClO3/c1-10-9-13(5-7-14(10)16)19-15(17)8-6-12-4-3-11(2)18-12/h3-9H,1-2H3/b8-6+. The maximum absolute atomic E-state index is 11.6. The molecule has 0 N–H and O–H groups in total. The molecule has 19 heavy (non-hydrogen) atoms. The van der Waals surface area contributed by atoms with Crippen molar-refractivity contribution in [3.05, 3.63) is 58.5 Å². The van der Waals surface area contributed by atoms with Gasteiger partial charge in [-0.15, -0.1) is 0 Å². The Hall–Kier alpha value is -2.00. The van der Waals surface area contributed by atoms with E-state index in [1.807, 2.05) is 19.9 Å². The number of hydrogen-bond donors (Lipinski definition) is 0. The molecule has 0 fully saturated rings. The van der Waals surface area contributed by atoms with Crippen molar-refractivity contribution in [2.75, 3.05) is 0 Å².